The van der Waals surface area contributed by atoms with Gasteiger partial charge in [0.25, 0.3) is 0 Å². The van der Waals surface area contributed by atoms with E-state index in [-0.39, 0.29) is 0 Å². The zero-order valence-electron chi connectivity index (χ0n) is 9.61. The number of hydrogen-bond donors (Lipinski definition) is 1. The highest BCUT2D eigenvalue weighted by Gasteiger charge is 2.27. The maximum absolute atomic E-state index is 6.11. The third kappa shape index (κ3) is 2.15. The smallest absolute Gasteiger partial charge is 0.0437 e. The highest BCUT2D eigenvalue weighted by Crippen LogP contribution is 2.26. The quantitative estimate of drug-likeness (QED) is 0.801. The Bertz CT molecular complexity index is 335. The van der Waals surface area contributed by atoms with Crippen molar-refractivity contribution < 1.29 is 0 Å². The lowest BCUT2D eigenvalue weighted by Gasteiger charge is -2.30. The Morgan fingerprint density at radius 1 is 1.33 bits per heavy atom. The Morgan fingerprint density at radius 2 is 2.13 bits per heavy atom. The van der Waals surface area contributed by atoms with Gasteiger partial charge < -0.3 is 10.6 Å². The van der Waals surface area contributed by atoms with Gasteiger partial charge >= 0.3 is 0 Å². The zero-order chi connectivity index (χ0) is 10.8. The van der Waals surface area contributed by atoms with Crippen molar-refractivity contribution in [2.45, 2.75) is 38.3 Å². The summed E-state index contributed by atoms with van der Waals surface area (Å²) in [7, 11) is 2.16. The normalized spacial score (nSPS) is 25.5. The summed E-state index contributed by atoms with van der Waals surface area (Å²) in [6.45, 7) is 2.13. The fraction of sp³-hybridized carbons (Fsp3) is 0.538. The molecule has 2 heteroatoms. The molecule has 0 amide bonds. The van der Waals surface area contributed by atoms with Crippen molar-refractivity contribution in [2.75, 3.05) is 11.9 Å². The molecule has 0 bridgehead atoms. The van der Waals surface area contributed by atoms with Crippen LogP contribution in [0.5, 0.6) is 0 Å². The van der Waals surface area contributed by atoms with Gasteiger partial charge in [0.15, 0.2) is 0 Å². The van der Waals surface area contributed by atoms with Crippen LogP contribution in [0.4, 0.5) is 5.69 Å². The minimum Gasteiger partial charge on any atom is -0.370 e. The maximum Gasteiger partial charge on any atom is 0.0437 e. The van der Waals surface area contributed by atoms with Gasteiger partial charge in [0.05, 0.1) is 0 Å². The van der Waals surface area contributed by atoms with Gasteiger partial charge in [0.1, 0.15) is 0 Å². The molecule has 1 aromatic rings. The molecule has 0 heterocycles. The lowest BCUT2D eigenvalue weighted by atomic mass is 10.1. The molecular weight excluding hydrogens is 184 g/mol. The molecule has 0 radical (unpaired) electrons. The van der Waals surface area contributed by atoms with Crippen molar-refractivity contribution in [3.8, 4) is 0 Å². The summed E-state index contributed by atoms with van der Waals surface area (Å²) in [6, 6.07) is 9.50. The molecule has 2 nitrogen and oxygen atoms in total. The van der Waals surface area contributed by atoms with Crippen molar-refractivity contribution in [1.82, 2.24) is 0 Å². The largest absolute Gasteiger partial charge is 0.370 e. The van der Waals surface area contributed by atoms with Gasteiger partial charge in [-0.3, -0.25) is 0 Å². The topological polar surface area (TPSA) is 29.3 Å². The Labute approximate surface area is 92.1 Å². The molecule has 15 heavy (non-hydrogen) atoms. The number of anilines is 1. The molecule has 2 atom stereocenters. The van der Waals surface area contributed by atoms with Gasteiger partial charge in [-0.25, -0.2) is 0 Å². The van der Waals surface area contributed by atoms with Gasteiger partial charge in [0.2, 0.25) is 0 Å². The summed E-state index contributed by atoms with van der Waals surface area (Å²) in [5.74, 6) is 0. The number of benzene rings is 1. The monoisotopic (exact) mass is 204 g/mol. The van der Waals surface area contributed by atoms with E-state index < -0.39 is 0 Å². The van der Waals surface area contributed by atoms with Crippen LogP contribution >= 0.6 is 0 Å². The Balaban J connectivity index is 2.16. The molecule has 1 saturated carbocycles. The van der Waals surface area contributed by atoms with Gasteiger partial charge in [-0.1, -0.05) is 12.1 Å². The highest BCUT2D eigenvalue weighted by atomic mass is 15.2. The summed E-state index contributed by atoms with van der Waals surface area (Å²) in [6.07, 6.45) is 3.66. The van der Waals surface area contributed by atoms with Crippen LogP contribution in [0, 0.1) is 6.92 Å². The summed E-state index contributed by atoms with van der Waals surface area (Å²) in [5, 5.41) is 0. The molecule has 1 aromatic carbocycles. The van der Waals surface area contributed by atoms with Crippen LogP contribution < -0.4 is 10.6 Å². The molecule has 0 saturated heterocycles. The summed E-state index contributed by atoms with van der Waals surface area (Å²) >= 11 is 0. The zero-order valence-corrected chi connectivity index (χ0v) is 9.61. The minimum absolute atomic E-state index is 0.343. The molecule has 0 spiro atoms. The predicted molar refractivity (Wildman–Crippen MR) is 65.2 cm³/mol. The fourth-order valence-corrected chi connectivity index (χ4v) is 2.49. The average molecular weight is 204 g/mol. The van der Waals surface area contributed by atoms with Gasteiger partial charge in [-0.05, 0) is 43.9 Å². The van der Waals surface area contributed by atoms with Crippen molar-refractivity contribution in [3.63, 3.8) is 0 Å². The first kappa shape index (κ1) is 10.5. The van der Waals surface area contributed by atoms with Gasteiger partial charge in [-0.2, -0.15) is 0 Å². The van der Waals surface area contributed by atoms with Crippen LogP contribution in [0.1, 0.15) is 24.8 Å². The number of nitrogens with zero attached hydrogens (tertiary/aromatic N) is 1. The predicted octanol–water partition coefficient (Wildman–Crippen LogP) is 2.31. The molecule has 1 fully saturated rings. The third-order valence-electron chi connectivity index (χ3n) is 3.44. The standard InChI is InChI=1S/C13H20N2/c1-10-5-3-6-11(9-10)15(2)13-8-4-7-12(13)14/h3,5-6,9,12-13H,4,7-8,14H2,1-2H3. The summed E-state index contributed by atoms with van der Waals surface area (Å²) in [4.78, 5) is 2.34. The van der Waals surface area contributed by atoms with E-state index in [0.29, 0.717) is 12.1 Å². The Kier molecular flexibility index (Phi) is 2.96. The van der Waals surface area contributed by atoms with E-state index in [1.807, 2.05) is 0 Å². The third-order valence-corrected chi connectivity index (χ3v) is 3.44. The average Bonchev–Trinajstić information content (AvgIpc) is 2.63. The number of nitrogens with two attached hydrogens (primary N) is 1. The first-order valence-corrected chi connectivity index (χ1v) is 5.73. The minimum atomic E-state index is 0.343. The molecule has 1 aliphatic rings. The molecular formula is C13H20N2. The van der Waals surface area contributed by atoms with Crippen LogP contribution in [0.25, 0.3) is 0 Å². The van der Waals surface area contributed by atoms with Crippen molar-refractivity contribution in [3.05, 3.63) is 29.8 Å². The molecule has 82 valence electrons. The van der Waals surface area contributed by atoms with Gasteiger partial charge in [-0.15, -0.1) is 0 Å². The fourth-order valence-electron chi connectivity index (χ4n) is 2.49. The molecule has 0 aromatic heterocycles. The molecule has 0 aliphatic heterocycles. The molecule has 1 aliphatic carbocycles. The lowest BCUT2D eigenvalue weighted by Crippen LogP contribution is -2.42. The number of rotatable bonds is 2. The van der Waals surface area contributed by atoms with Crippen LogP contribution in [-0.2, 0) is 0 Å². The van der Waals surface area contributed by atoms with Crippen LogP contribution in [0.2, 0.25) is 0 Å². The first-order valence-electron chi connectivity index (χ1n) is 5.73. The number of hydrogen-bond acceptors (Lipinski definition) is 2. The Hall–Kier alpha value is -1.02. The second-order valence-electron chi connectivity index (χ2n) is 4.61. The van der Waals surface area contributed by atoms with Crippen LogP contribution in [0.3, 0.4) is 0 Å². The lowest BCUT2D eigenvalue weighted by molar-refractivity contribution is 0.572. The van der Waals surface area contributed by atoms with E-state index in [4.69, 9.17) is 5.73 Å². The number of likely N-dealkylation sites (N-methyl/N-ethyl adjacent to an activating group) is 1. The van der Waals surface area contributed by atoms with E-state index in [1.54, 1.807) is 0 Å². The second-order valence-corrected chi connectivity index (χ2v) is 4.61. The summed E-state index contributed by atoms with van der Waals surface area (Å²) < 4.78 is 0. The van der Waals surface area contributed by atoms with E-state index >= 15 is 0 Å². The first-order chi connectivity index (χ1) is 7.18. The van der Waals surface area contributed by atoms with Crippen molar-refractivity contribution >= 4 is 5.69 Å². The van der Waals surface area contributed by atoms with E-state index in [9.17, 15) is 0 Å². The molecule has 2 N–H and O–H groups in total. The van der Waals surface area contributed by atoms with E-state index in [0.717, 1.165) is 0 Å². The highest BCUT2D eigenvalue weighted by molar-refractivity contribution is 5.49. The van der Waals surface area contributed by atoms with Gasteiger partial charge in [0, 0.05) is 24.8 Å². The maximum atomic E-state index is 6.11. The number of aryl methyl sites for hydroxylation is 1. The Morgan fingerprint density at radius 3 is 2.73 bits per heavy atom. The molecule has 2 unspecified atom stereocenters. The summed E-state index contributed by atoms with van der Waals surface area (Å²) in [5.41, 5.74) is 8.71. The molecule has 2 rings (SSSR count). The second kappa shape index (κ2) is 4.23. The van der Waals surface area contributed by atoms with Crippen LogP contribution in [-0.4, -0.2) is 19.1 Å². The van der Waals surface area contributed by atoms with E-state index in [1.165, 1.54) is 30.5 Å². The SMILES string of the molecule is Cc1cccc(N(C)C2CCCC2N)c1. The van der Waals surface area contributed by atoms with Crippen molar-refractivity contribution in [1.29, 1.82) is 0 Å². The van der Waals surface area contributed by atoms with Crippen LogP contribution in [0.15, 0.2) is 24.3 Å². The van der Waals surface area contributed by atoms with Crippen molar-refractivity contribution in [2.24, 2.45) is 5.73 Å². The van der Waals surface area contributed by atoms with E-state index in [2.05, 4.69) is 43.1 Å².